The maximum absolute atomic E-state index is 12.2. The van der Waals surface area contributed by atoms with Crippen molar-refractivity contribution in [3.05, 3.63) is 35.4 Å². The Labute approximate surface area is 117 Å². The molecule has 1 heterocycles. The van der Waals surface area contributed by atoms with E-state index in [1.807, 2.05) is 24.3 Å². The Bertz CT molecular complexity index is 540. The number of benzene rings is 1. The number of rotatable bonds is 4. The van der Waals surface area contributed by atoms with Gasteiger partial charge in [0, 0.05) is 19.1 Å². The average Bonchev–Trinajstić information content (AvgIpc) is 3.27. The molecule has 1 atom stereocenters. The summed E-state index contributed by atoms with van der Waals surface area (Å²) in [6.07, 6.45) is 2.27. The van der Waals surface area contributed by atoms with Crippen LogP contribution in [0, 0.1) is 0 Å². The lowest BCUT2D eigenvalue weighted by molar-refractivity contribution is -0.141. The van der Waals surface area contributed by atoms with Crippen LogP contribution in [0.2, 0.25) is 0 Å². The van der Waals surface area contributed by atoms with Gasteiger partial charge in [0.25, 0.3) is 0 Å². The first-order valence-corrected chi connectivity index (χ1v) is 6.97. The first-order chi connectivity index (χ1) is 9.65. The molecule has 5 heteroatoms. The molecule has 1 unspecified atom stereocenters. The topological polar surface area (TPSA) is 69.6 Å². The molecule has 0 bridgehead atoms. The van der Waals surface area contributed by atoms with Crippen LogP contribution in [0.5, 0.6) is 0 Å². The number of fused-ring (bicyclic) bond motifs is 1. The van der Waals surface area contributed by atoms with Crippen molar-refractivity contribution in [1.82, 2.24) is 10.2 Å². The van der Waals surface area contributed by atoms with Gasteiger partial charge in [0.1, 0.15) is 0 Å². The minimum absolute atomic E-state index is 0.0161. The summed E-state index contributed by atoms with van der Waals surface area (Å²) in [6.45, 7) is 1.07. The Morgan fingerprint density at radius 1 is 1.30 bits per heavy atom. The molecule has 1 saturated carbocycles. The maximum Gasteiger partial charge on any atom is 0.312 e. The lowest BCUT2D eigenvalue weighted by Crippen LogP contribution is -2.44. The molecule has 2 aliphatic rings. The number of nitrogens with one attached hydrogen (secondary N) is 1. The molecule has 1 aromatic rings. The SMILES string of the molecule is O=C(O)C1CN(C(=O)CNC2CC2)Cc2ccccc21. The molecule has 106 valence electrons. The zero-order chi connectivity index (χ0) is 14.1. The molecular weight excluding hydrogens is 256 g/mol. The predicted molar refractivity (Wildman–Crippen MR) is 73.3 cm³/mol. The molecule has 1 amide bonds. The fraction of sp³-hybridized carbons (Fsp3) is 0.467. The van der Waals surface area contributed by atoms with Gasteiger partial charge in [-0.05, 0) is 24.0 Å². The molecule has 2 N–H and O–H groups in total. The van der Waals surface area contributed by atoms with E-state index in [1.165, 1.54) is 0 Å². The van der Waals surface area contributed by atoms with E-state index < -0.39 is 11.9 Å². The largest absolute Gasteiger partial charge is 0.481 e. The fourth-order valence-electron chi connectivity index (χ4n) is 2.64. The van der Waals surface area contributed by atoms with E-state index in [-0.39, 0.29) is 12.5 Å². The highest BCUT2D eigenvalue weighted by Crippen LogP contribution is 2.28. The second-order valence-corrected chi connectivity index (χ2v) is 5.52. The highest BCUT2D eigenvalue weighted by Gasteiger charge is 2.32. The van der Waals surface area contributed by atoms with E-state index in [0.717, 1.165) is 24.0 Å². The number of carbonyl (C=O) groups excluding carboxylic acids is 1. The molecule has 0 saturated heterocycles. The molecule has 1 aliphatic carbocycles. The van der Waals surface area contributed by atoms with Crippen LogP contribution in [0.3, 0.4) is 0 Å². The zero-order valence-electron chi connectivity index (χ0n) is 11.2. The summed E-state index contributed by atoms with van der Waals surface area (Å²) in [5.74, 6) is -1.51. The molecule has 3 rings (SSSR count). The monoisotopic (exact) mass is 274 g/mol. The Morgan fingerprint density at radius 3 is 2.75 bits per heavy atom. The van der Waals surface area contributed by atoms with Gasteiger partial charge in [0.15, 0.2) is 0 Å². The van der Waals surface area contributed by atoms with E-state index in [2.05, 4.69) is 5.32 Å². The Kier molecular flexibility index (Phi) is 3.44. The number of carboxylic acid groups (broad SMARTS) is 1. The number of hydrogen-bond acceptors (Lipinski definition) is 3. The minimum Gasteiger partial charge on any atom is -0.481 e. The average molecular weight is 274 g/mol. The van der Waals surface area contributed by atoms with Gasteiger partial charge in [0.2, 0.25) is 5.91 Å². The zero-order valence-corrected chi connectivity index (χ0v) is 11.2. The van der Waals surface area contributed by atoms with Gasteiger partial charge in [-0.2, -0.15) is 0 Å². The van der Waals surface area contributed by atoms with Gasteiger partial charge in [-0.3, -0.25) is 9.59 Å². The minimum atomic E-state index is -0.870. The highest BCUT2D eigenvalue weighted by atomic mass is 16.4. The van der Waals surface area contributed by atoms with Crippen molar-refractivity contribution in [3.63, 3.8) is 0 Å². The Hall–Kier alpha value is -1.88. The summed E-state index contributed by atoms with van der Waals surface area (Å²) < 4.78 is 0. The highest BCUT2D eigenvalue weighted by molar-refractivity contribution is 5.82. The van der Waals surface area contributed by atoms with Crippen molar-refractivity contribution in [3.8, 4) is 0 Å². The summed E-state index contributed by atoms with van der Waals surface area (Å²) in [6, 6.07) is 7.96. The van der Waals surface area contributed by atoms with Crippen LogP contribution < -0.4 is 5.32 Å². The third-order valence-electron chi connectivity index (χ3n) is 3.96. The van der Waals surface area contributed by atoms with E-state index in [1.54, 1.807) is 4.90 Å². The smallest absolute Gasteiger partial charge is 0.312 e. The van der Waals surface area contributed by atoms with Crippen LogP contribution in [-0.2, 0) is 16.1 Å². The van der Waals surface area contributed by atoms with Gasteiger partial charge < -0.3 is 15.3 Å². The Balaban J connectivity index is 1.74. The second kappa shape index (κ2) is 5.25. The van der Waals surface area contributed by atoms with Crippen molar-refractivity contribution in [2.24, 2.45) is 0 Å². The van der Waals surface area contributed by atoms with Crippen LogP contribution >= 0.6 is 0 Å². The molecular formula is C15H18N2O3. The van der Waals surface area contributed by atoms with Crippen LogP contribution in [0.15, 0.2) is 24.3 Å². The van der Waals surface area contributed by atoms with Crippen LogP contribution in [-0.4, -0.2) is 41.0 Å². The number of nitrogens with zero attached hydrogens (tertiary/aromatic N) is 1. The van der Waals surface area contributed by atoms with Crippen molar-refractivity contribution < 1.29 is 14.7 Å². The molecule has 1 fully saturated rings. The predicted octanol–water partition coefficient (Wildman–Crippen LogP) is 0.949. The lowest BCUT2D eigenvalue weighted by atomic mass is 9.90. The molecule has 0 aromatic heterocycles. The first-order valence-electron chi connectivity index (χ1n) is 6.97. The quantitative estimate of drug-likeness (QED) is 0.857. The van der Waals surface area contributed by atoms with E-state index in [0.29, 0.717) is 19.1 Å². The van der Waals surface area contributed by atoms with Crippen molar-refractivity contribution in [1.29, 1.82) is 0 Å². The molecule has 20 heavy (non-hydrogen) atoms. The number of amides is 1. The summed E-state index contributed by atoms with van der Waals surface area (Å²) in [4.78, 5) is 25.2. The van der Waals surface area contributed by atoms with Crippen LogP contribution in [0.4, 0.5) is 0 Å². The van der Waals surface area contributed by atoms with Crippen LogP contribution in [0.25, 0.3) is 0 Å². The molecule has 1 aliphatic heterocycles. The van der Waals surface area contributed by atoms with Crippen molar-refractivity contribution in [2.75, 3.05) is 13.1 Å². The van der Waals surface area contributed by atoms with E-state index >= 15 is 0 Å². The van der Waals surface area contributed by atoms with E-state index in [9.17, 15) is 14.7 Å². The van der Waals surface area contributed by atoms with Crippen molar-refractivity contribution in [2.45, 2.75) is 31.3 Å². The van der Waals surface area contributed by atoms with Gasteiger partial charge >= 0.3 is 5.97 Å². The molecule has 0 radical (unpaired) electrons. The van der Waals surface area contributed by atoms with Gasteiger partial charge in [-0.25, -0.2) is 0 Å². The van der Waals surface area contributed by atoms with E-state index in [4.69, 9.17) is 0 Å². The van der Waals surface area contributed by atoms with Crippen LogP contribution in [0.1, 0.15) is 29.9 Å². The standard InChI is InChI=1S/C15H18N2O3/c18-14(7-16-11-5-6-11)17-8-10-3-1-2-4-12(10)13(9-17)15(19)20/h1-4,11,13,16H,5-9H2,(H,19,20). The number of hydrogen-bond donors (Lipinski definition) is 2. The first kappa shape index (κ1) is 13.1. The fourth-order valence-corrected chi connectivity index (χ4v) is 2.64. The maximum atomic E-state index is 12.2. The molecule has 0 spiro atoms. The summed E-state index contributed by atoms with van der Waals surface area (Å²) in [5, 5.41) is 12.5. The summed E-state index contributed by atoms with van der Waals surface area (Å²) in [7, 11) is 0. The molecule has 1 aromatic carbocycles. The lowest BCUT2D eigenvalue weighted by Gasteiger charge is -2.33. The number of carboxylic acids is 1. The number of carbonyl (C=O) groups is 2. The van der Waals surface area contributed by atoms with Crippen molar-refractivity contribution >= 4 is 11.9 Å². The third kappa shape index (κ3) is 2.67. The second-order valence-electron chi connectivity index (χ2n) is 5.52. The Morgan fingerprint density at radius 2 is 2.05 bits per heavy atom. The third-order valence-corrected chi connectivity index (χ3v) is 3.96. The number of aliphatic carboxylic acids is 1. The normalized spacial score (nSPS) is 21.4. The summed E-state index contributed by atoms with van der Waals surface area (Å²) >= 11 is 0. The van der Waals surface area contributed by atoms with Gasteiger partial charge in [-0.1, -0.05) is 24.3 Å². The summed E-state index contributed by atoms with van der Waals surface area (Å²) in [5.41, 5.74) is 1.77. The molecule has 5 nitrogen and oxygen atoms in total. The van der Waals surface area contributed by atoms with Gasteiger partial charge in [-0.15, -0.1) is 0 Å². The van der Waals surface area contributed by atoms with Gasteiger partial charge in [0.05, 0.1) is 12.5 Å².